The van der Waals surface area contributed by atoms with Gasteiger partial charge in [0.2, 0.25) is 0 Å². The molecular weight excluding hydrogens is 251 g/mol. The lowest BCUT2D eigenvalue weighted by atomic mass is 10.1. The maximum Gasteiger partial charge on any atom is 0.321 e. The van der Waals surface area contributed by atoms with Gasteiger partial charge in [-0.05, 0) is 23.8 Å². The topological polar surface area (TPSA) is 84.6 Å². The zero-order chi connectivity index (χ0) is 14.0. The molecule has 6 heteroatoms. The molecule has 19 heavy (non-hydrogen) atoms. The van der Waals surface area contributed by atoms with Crippen molar-refractivity contribution in [3.05, 3.63) is 35.1 Å². The van der Waals surface area contributed by atoms with Crippen LogP contribution in [0.15, 0.2) is 18.2 Å². The second kappa shape index (κ2) is 5.34. The Morgan fingerprint density at radius 2 is 2.26 bits per heavy atom. The van der Waals surface area contributed by atoms with Crippen LogP contribution in [0.1, 0.15) is 17.5 Å². The molecule has 100 valence electrons. The monoisotopic (exact) mass is 264 g/mol. The van der Waals surface area contributed by atoms with E-state index in [0.29, 0.717) is 5.56 Å². The first-order valence-corrected chi connectivity index (χ1v) is 5.84. The number of hydrogen-bond donors (Lipinski definition) is 2. The summed E-state index contributed by atoms with van der Waals surface area (Å²) in [5, 5.41) is 27.3. The molecule has 1 aliphatic heterocycles. The van der Waals surface area contributed by atoms with Crippen LogP contribution < -0.4 is 0 Å². The van der Waals surface area contributed by atoms with E-state index in [9.17, 15) is 14.3 Å². The average Bonchev–Trinajstić information content (AvgIpc) is 2.69. The standard InChI is InChI=1S/C13H13FN2O3/c14-10-2-8(5-15)1-9(3-10)6-16-7-11(17)4-12(16)13(18)19/h1-3,11-12,17H,4,6-7H2,(H,18,19). The van der Waals surface area contributed by atoms with Gasteiger partial charge in [-0.25, -0.2) is 4.39 Å². The minimum Gasteiger partial charge on any atom is -0.480 e. The fourth-order valence-corrected chi connectivity index (χ4v) is 2.35. The maximum atomic E-state index is 13.3. The van der Waals surface area contributed by atoms with Gasteiger partial charge in [-0.3, -0.25) is 9.69 Å². The number of nitriles is 1. The number of hydrogen-bond acceptors (Lipinski definition) is 4. The fraction of sp³-hybridized carbons (Fsp3) is 0.385. The number of carboxylic acid groups (broad SMARTS) is 1. The summed E-state index contributed by atoms with van der Waals surface area (Å²) < 4.78 is 13.3. The van der Waals surface area contributed by atoms with E-state index in [-0.39, 0.29) is 25.1 Å². The molecule has 0 amide bonds. The van der Waals surface area contributed by atoms with Gasteiger partial charge in [0.15, 0.2) is 0 Å². The van der Waals surface area contributed by atoms with Crippen LogP contribution in [0, 0.1) is 17.1 Å². The highest BCUT2D eigenvalue weighted by atomic mass is 19.1. The average molecular weight is 264 g/mol. The third kappa shape index (κ3) is 3.08. The highest BCUT2D eigenvalue weighted by Gasteiger charge is 2.35. The Hall–Kier alpha value is -1.97. The van der Waals surface area contributed by atoms with E-state index in [1.54, 1.807) is 4.90 Å². The van der Waals surface area contributed by atoms with E-state index in [0.717, 1.165) is 6.07 Å². The molecule has 0 aliphatic carbocycles. The maximum absolute atomic E-state index is 13.3. The van der Waals surface area contributed by atoms with Gasteiger partial charge in [-0.2, -0.15) is 5.26 Å². The van der Waals surface area contributed by atoms with E-state index in [1.165, 1.54) is 12.1 Å². The number of benzene rings is 1. The number of carboxylic acids is 1. The van der Waals surface area contributed by atoms with Crippen molar-refractivity contribution in [3.8, 4) is 6.07 Å². The van der Waals surface area contributed by atoms with E-state index in [1.807, 2.05) is 6.07 Å². The van der Waals surface area contributed by atoms with Gasteiger partial charge in [0.25, 0.3) is 0 Å². The van der Waals surface area contributed by atoms with Gasteiger partial charge < -0.3 is 10.2 Å². The van der Waals surface area contributed by atoms with Crippen molar-refractivity contribution in [2.45, 2.75) is 25.1 Å². The van der Waals surface area contributed by atoms with Crippen LogP contribution in [-0.4, -0.2) is 39.8 Å². The molecular formula is C13H13FN2O3. The van der Waals surface area contributed by atoms with Gasteiger partial charge >= 0.3 is 5.97 Å². The molecule has 1 aliphatic rings. The Bertz CT molecular complexity index is 541. The highest BCUT2D eigenvalue weighted by Crippen LogP contribution is 2.21. The predicted octanol–water partition coefficient (Wildman–Crippen LogP) is 0.717. The minimum absolute atomic E-state index is 0.162. The Kier molecular flexibility index (Phi) is 3.79. The molecule has 2 N–H and O–H groups in total. The molecule has 5 nitrogen and oxygen atoms in total. The number of likely N-dealkylation sites (tertiary alicyclic amines) is 1. The third-order valence-corrected chi connectivity index (χ3v) is 3.14. The Morgan fingerprint density at radius 1 is 1.53 bits per heavy atom. The molecule has 1 saturated heterocycles. The van der Waals surface area contributed by atoms with E-state index in [2.05, 4.69) is 0 Å². The van der Waals surface area contributed by atoms with Crippen LogP contribution in [0.2, 0.25) is 0 Å². The van der Waals surface area contributed by atoms with Crippen molar-refractivity contribution >= 4 is 5.97 Å². The van der Waals surface area contributed by atoms with Crippen molar-refractivity contribution in [3.63, 3.8) is 0 Å². The van der Waals surface area contributed by atoms with Crippen LogP contribution in [0.25, 0.3) is 0 Å². The van der Waals surface area contributed by atoms with Gasteiger partial charge in [-0.1, -0.05) is 0 Å². The van der Waals surface area contributed by atoms with Gasteiger partial charge in [0.05, 0.1) is 17.7 Å². The number of rotatable bonds is 3. The van der Waals surface area contributed by atoms with Crippen LogP contribution in [0.3, 0.4) is 0 Å². The zero-order valence-corrected chi connectivity index (χ0v) is 10.1. The second-order valence-corrected chi connectivity index (χ2v) is 4.63. The van der Waals surface area contributed by atoms with E-state index >= 15 is 0 Å². The van der Waals surface area contributed by atoms with E-state index < -0.39 is 23.9 Å². The van der Waals surface area contributed by atoms with Crippen LogP contribution in [0.4, 0.5) is 4.39 Å². The number of carbonyl (C=O) groups is 1. The Labute approximate surface area is 109 Å². The molecule has 1 aromatic rings. The summed E-state index contributed by atoms with van der Waals surface area (Å²) in [4.78, 5) is 12.6. The predicted molar refractivity (Wildman–Crippen MR) is 63.6 cm³/mol. The van der Waals surface area contributed by atoms with Gasteiger partial charge in [0, 0.05) is 19.5 Å². The molecule has 2 rings (SSSR count). The number of aliphatic hydroxyl groups excluding tert-OH is 1. The van der Waals surface area contributed by atoms with Gasteiger partial charge in [-0.15, -0.1) is 0 Å². The SMILES string of the molecule is N#Cc1cc(F)cc(CN2CC(O)CC2C(=O)O)c1. The normalized spacial score (nSPS) is 23.2. The van der Waals surface area contributed by atoms with Crippen LogP contribution in [-0.2, 0) is 11.3 Å². The molecule has 0 saturated carbocycles. The van der Waals surface area contributed by atoms with Crippen LogP contribution >= 0.6 is 0 Å². The molecule has 1 fully saturated rings. The number of aliphatic hydroxyl groups is 1. The summed E-state index contributed by atoms with van der Waals surface area (Å²) in [6.45, 7) is 0.426. The summed E-state index contributed by atoms with van der Waals surface area (Å²) in [5.74, 6) is -1.53. The largest absolute Gasteiger partial charge is 0.480 e. The summed E-state index contributed by atoms with van der Waals surface area (Å²) in [6, 6.07) is 4.99. The lowest BCUT2D eigenvalue weighted by molar-refractivity contribution is -0.142. The molecule has 2 unspecified atom stereocenters. The summed E-state index contributed by atoms with van der Waals surface area (Å²) in [5.41, 5.74) is 0.721. The number of β-amino-alcohol motifs (C(OH)–C–C–N with tert-alkyl or cyclic N) is 1. The van der Waals surface area contributed by atoms with Crippen molar-refractivity contribution in [2.75, 3.05) is 6.54 Å². The Morgan fingerprint density at radius 3 is 2.89 bits per heavy atom. The minimum atomic E-state index is -1.01. The fourth-order valence-electron chi connectivity index (χ4n) is 2.35. The quantitative estimate of drug-likeness (QED) is 0.840. The first-order valence-electron chi connectivity index (χ1n) is 5.84. The molecule has 2 atom stereocenters. The number of aliphatic carboxylic acids is 1. The van der Waals surface area contributed by atoms with Crippen LogP contribution in [0.5, 0.6) is 0 Å². The Balaban J connectivity index is 2.19. The number of nitrogens with zero attached hydrogens (tertiary/aromatic N) is 2. The smallest absolute Gasteiger partial charge is 0.321 e. The molecule has 1 aromatic carbocycles. The van der Waals surface area contributed by atoms with Crippen molar-refractivity contribution in [1.82, 2.24) is 4.90 Å². The molecule has 0 aromatic heterocycles. The third-order valence-electron chi connectivity index (χ3n) is 3.14. The summed E-state index contributed by atoms with van der Waals surface area (Å²) in [7, 11) is 0. The first kappa shape index (κ1) is 13.5. The molecule has 0 spiro atoms. The second-order valence-electron chi connectivity index (χ2n) is 4.63. The molecule has 1 heterocycles. The molecule has 0 bridgehead atoms. The first-order chi connectivity index (χ1) is 8.99. The van der Waals surface area contributed by atoms with Crippen molar-refractivity contribution in [1.29, 1.82) is 5.26 Å². The number of halogens is 1. The summed E-state index contributed by atoms with van der Waals surface area (Å²) >= 11 is 0. The lowest BCUT2D eigenvalue weighted by Gasteiger charge is -2.20. The zero-order valence-electron chi connectivity index (χ0n) is 10.1. The summed E-state index contributed by atoms with van der Waals surface area (Å²) in [6.07, 6.45) is -0.527. The van der Waals surface area contributed by atoms with Crippen molar-refractivity contribution in [2.24, 2.45) is 0 Å². The van der Waals surface area contributed by atoms with Crippen molar-refractivity contribution < 1.29 is 19.4 Å². The lowest BCUT2D eigenvalue weighted by Crippen LogP contribution is -2.35. The molecule has 0 radical (unpaired) electrons. The highest BCUT2D eigenvalue weighted by molar-refractivity contribution is 5.74. The van der Waals surface area contributed by atoms with E-state index in [4.69, 9.17) is 10.4 Å². The van der Waals surface area contributed by atoms with Gasteiger partial charge in [0.1, 0.15) is 11.9 Å².